The van der Waals surface area contributed by atoms with Crippen molar-refractivity contribution in [2.24, 2.45) is 0 Å². The van der Waals surface area contributed by atoms with E-state index in [9.17, 15) is 9.59 Å². The van der Waals surface area contributed by atoms with Crippen LogP contribution in [0.25, 0.3) is 0 Å². The van der Waals surface area contributed by atoms with Crippen LogP contribution in [0, 0.1) is 13.8 Å². The minimum Gasteiger partial charge on any atom is -0.462 e. The highest BCUT2D eigenvalue weighted by Gasteiger charge is 2.29. The Hall–Kier alpha value is -1.62. The van der Waals surface area contributed by atoms with E-state index in [0.717, 1.165) is 25.9 Å². The first-order chi connectivity index (χ1) is 9.97. The van der Waals surface area contributed by atoms with E-state index in [1.807, 2.05) is 6.92 Å². The number of carbonyl (C=O) groups is 2. The van der Waals surface area contributed by atoms with Crippen molar-refractivity contribution in [1.29, 1.82) is 0 Å². The van der Waals surface area contributed by atoms with Gasteiger partial charge in [0.2, 0.25) is 0 Å². The van der Waals surface area contributed by atoms with E-state index in [0.29, 0.717) is 29.1 Å². The lowest BCUT2D eigenvalue weighted by atomic mass is 10.0. The highest BCUT2D eigenvalue weighted by atomic mass is 16.5. The minimum atomic E-state index is -0.364. The summed E-state index contributed by atoms with van der Waals surface area (Å²) in [6.07, 6.45) is 2.29. The van der Waals surface area contributed by atoms with E-state index in [4.69, 9.17) is 4.74 Å². The number of carbonyl (C=O) groups excluding carboxylic acids is 2. The van der Waals surface area contributed by atoms with Crippen LogP contribution in [0.4, 0.5) is 0 Å². The summed E-state index contributed by atoms with van der Waals surface area (Å²) >= 11 is 0. The number of hydrogen-bond donors (Lipinski definition) is 1. The molecule has 5 heteroatoms. The smallest absolute Gasteiger partial charge is 0.340 e. The molecule has 2 rings (SSSR count). The summed E-state index contributed by atoms with van der Waals surface area (Å²) in [5.74, 6) is -0.315. The normalized spacial score (nSPS) is 17.0. The third-order valence-electron chi connectivity index (χ3n) is 4.23. The standard InChI is InChI=1S/C16H24N2O3/c1-5-21-16(20)13-10(2)14(17-11(13)3)15(19)12(4)18-8-6-7-9-18/h12,17H,5-9H2,1-4H3/t12-/m1/s1. The quantitative estimate of drug-likeness (QED) is 0.669. The molecular weight excluding hydrogens is 268 g/mol. The predicted octanol–water partition coefficient (Wildman–Crippen LogP) is 2.48. The molecule has 0 radical (unpaired) electrons. The monoisotopic (exact) mass is 292 g/mol. The number of aryl methyl sites for hydroxylation is 1. The summed E-state index contributed by atoms with van der Waals surface area (Å²) in [4.78, 5) is 29.9. The lowest BCUT2D eigenvalue weighted by Gasteiger charge is -2.22. The summed E-state index contributed by atoms with van der Waals surface area (Å²) in [7, 11) is 0. The number of aromatic nitrogens is 1. The van der Waals surface area contributed by atoms with Crippen molar-refractivity contribution < 1.29 is 14.3 Å². The Kier molecular flexibility index (Phi) is 4.83. The summed E-state index contributed by atoms with van der Waals surface area (Å²) in [6, 6.07) is -0.153. The van der Waals surface area contributed by atoms with Crippen LogP contribution in [-0.4, -0.2) is 47.4 Å². The Labute approximate surface area is 125 Å². The molecule has 0 unspecified atom stereocenters. The number of ether oxygens (including phenoxy) is 1. The maximum absolute atomic E-state index is 12.7. The van der Waals surface area contributed by atoms with Crippen LogP contribution in [0.15, 0.2) is 0 Å². The number of esters is 1. The molecule has 0 saturated carbocycles. The van der Waals surface area contributed by atoms with Gasteiger partial charge in [-0.25, -0.2) is 4.79 Å². The third-order valence-corrected chi connectivity index (χ3v) is 4.23. The van der Waals surface area contributed by atoms with E-state index < -0.39 is 0 Å². The van der Waals surface area contributed by atoms with Crippen molar-refractivity contribution in [3.05, 3.63) is 22.5 Å². The summed E-state index contributed by atoms with van der Waals surface area (Å²) in [6.45, 7) is 9.59. The van der Waals surface area contributed by atoms with Crippen molar-refractivity contribution in [2.75, 3.05) is 19.7 Å². The number of hydrogen-bond acceptors (Lipinski definition) is 4. The van der Waals surface area contributed by atoms with E-state index in [1.165, 1.54) is 0 Å². The van der Waals surface area contributed by atoms with Crippen molar-refractivity contribution in [3.63, 3.8) is 0 Å². The summed E-state index contributed by atoms with van der Waals surface area (Å²) in [5.41, 5.74) is 2.42. The van der Waals surface area contributed by atoms with Gasteiger partial charge in [-0.3, -0.25) is 9.69 Å². The molecule has 1 aromatic heterocycles. The number of rotatable bonds is 5. The zero-order valence-electron chi connectivity index (χ0n) is 13.3. The van der Waals surface area contributed by atoms with Crippen molar-refractivity contribution in [1.82, 2.24) is 9.88 Å². The molecule has 1 saturated heterocycles. The molecule has 1 aliphatic heterocycles. The van der Waals surface area contributed by atoms with Gasteiger partial charge in [0, 0.05) is 5.69 Å². The SMILES string of the molecule is CCOC(=O)c1c(C)[nH]c(C(=O)[C@@H](C)N2CCCC2)c1C. The number of aromatic amines is 1. The largest absolute Gasteiger partial charge is 0.462 e. The highest BCUT2D eigenvalue weighted by Crippen LogP contribution is 2.22. The van der Waals surface area contributed by atoms with Gasteiger partial charge < -0.3 is 9.72 Å². The number of Topliss-reactive ketones (excluding diaryl/α,β-unsaturated/α-hetero) is 1. The Balaban J connectivity index is 2.25. The summed E-state index contributed by atoms with van der Waals surface area (Å²) in [5, 5.41) is 0. The molecule has 21 heavy (non-hydrogen) atoms. The fraction of sp³-hybridized carbons (Fsp3) is 0.625. The van der Waals surface area contributed by atoms with Crippen molar-refractivity contribution >= 4 is 11.8 Å². The molecule has 0 spiro atoms. The summed E-state index contributed by atoms with van der Waals surface area (Å²) < 4.78 is 5.06. The van der Waals surface area contributed by atoms with Gasteiger partial charge in [0.15, 0.2) is 5.78 Å². The second kappa shape index (κ2) is 6.43. The molecule has 1 fully saturated rings. The Morgan fingerprint density at radius 1 is 1.29 bits per heavy atom. The lowest BCUT2D eigenvalue weighted by Crippen LogP contribution is -2.37. The molecule has 5 nitrogen and oxygen atoms in total. The average Bonchev–Trinajstić information content (AvgIpc) is 3.06. The maximum Gasteiger partial charge on any atom is 0.340 e. The van der Waals surface area contributed by atoms with Crippen molar-refractivity contribution in [2.45, 2.75) is 46.6 Å². The Morgan fingerprint density at radius 3 is 2.48 bits per heavy atom. The Bertz CT molecular complexity index is 542. The number of ketones is 1. The van der Waals surface area contributed by atoms with Crippen LogP contribution in [0.3, 0.4) is 0 Å². The van der Waals surface area contributed by atoms with E-state index in [2.05, 4.69) is 9.88 Å². The second-order valence-corrected chi connectivity index (χ2v) is 5.63. The molecule has 2 heterocycles. The molecule has 0 aliphatic carbocycles. The van der Waals surface area contributed by atoms with Crippen LogP contribution in [0.5, 0.6) is 0 Å². The molecule has 116 valence electrons. The number of nitrogens with one attached hydrogen (secondary N) is 1. The average molecular weight is 292 g/mol. The minimum absolute atomic E-state index is 0.0491. The first-order valence-corrected chi connectivity index (χ1v) is 7.61. The van der Waals surface area contributed by atoms with Gasteiger partial charge in [-0.1, -0.05) is 0 Å². The maximum atomic E-state index is 12.7. The molecular formula is C16H24N2O3. The van der Waals surface area contributed by atoms with Gasteiger partial charge in [-0.05, 0) is 59.2 Å². The molecule has 1 aliphatic rings. The molecule has 0 aromatic carbocycles. The van der Waals surface area contributed by atoms with Gasteiger partial charge in [0.25, 0.3) is 0 Å². The first-order valence-electron chi connectivity index (χ1n) is 7.61. The van der Waals surface area contributed by atoms with Crippen LogP contribution in [0.1, 0.15) is 58.8 Å². The van der Waals surface area contributed by atoms with Gasteiger partial charge in [0.05, 0.1) is 23.9 Å². The number of nitrogens with zero attached hydrogens (tertiary/aromatic N) is 1. The topological polar surface area (TPSA) is 62.4 Å². The highest BCUT2D eigenvalue weighted by molar-refractivity contribution is 6.03. The van der Waals surface area contributed by atoms with Crippen LogP contribution in [0.2, 0.25) is 0 Å². The van der Waals surface area contributed by atoms with Gasteiger partial charge in [0.1, 0.15) is 0 Å². The number of H-pyrrole nitrogens is 1. The fourth-order valence-corrected chi connectivity index (χ4v) is 3.01. The van der Waals surface area contributed by atoms with Gasteiger partial charge in [-0.2, -0.15) is 0 Å². The van der Waals surface area contributed by atoms with Crippen LogP contribution >= 0.6 is 0 Å². The molecule has 0 bridgehead atoms. The van der Waals surface area contributed by atoms with E-state index >= 15 is 0 Å². The zero-order chi connectivity index (χ0) is 15.6. The zero-order valence-corrected chi connectivity index (χ0v) is 13.3. The Morgan fingerprint density at radius 2 is 1.90 bits per heavy atom. The predicted molar refractivity (Wildman–Crippen MR) is 80.8 cm³/mol. The van der Waals surface area contributed by atoms with Crippen LogP contribution < -0.4 is 0 Å². The van der Waals surface area contributed by atoms with Crippen molar-refractivity contribution in [3.8, 4) is 0 Å². The lowest BCUT2D eigenvalue weighted by molar-refractivity contribution is 0.0525. The van der Waals surface area contributed by atoms with Gasteiger partial charge >= 0.3 is 5.97 Å². The number of likely N-dealkylation sites (tertiary alicyclic amines) is 1. The molecule has 1 aromatic rings. The molecule has 1 atom stereocenters. The molecule has 0 amide bonds. The van der Waals surface area contributed by atoms with E-state index in [1.54, 1.807) is 20.8 Å². The fourth-order valence-electron chi connectivity index (χ4n) is 3.01. The second-order valence-electron chi connectivity index (χ2n) is 5.63. The molecule has 1 N–H and O–H groups in total. The van der Waals surface area contributed by atoms with Crippen LogP contribution in [-0.2, 0) is 4.74 Å². The first kappa shape index (κ1) is 15.8. The third kappa shape index (κ3) is 3.02. The van der Waals surface area contributed by atoms with E-state index in [-0.39, 0.29) is 17.8 Å². The van der Waals surface area contributed by atoms with Gasteiger partial charge in [-0.15, -0.1) is 0 Å².